The molecule has 0 unspecified atom stereocenters. The lowest BCUT2D eigenvalue weighted by atomic mass is 10.0. The fraction of sp³-hybridized carbons (Fsp3) is 0.474. The van der Waals surface area contributed by atoms with E-state index in [4.69, 9.17) is 4.43 Å². The van der Waals surface area contributed by atoms with Crippen LogP contribution in [0.4, 0.5) is 0 Å². The summed E-state index contributed by atoms with van der Waals surface area (Å²) >= 11 is 0. The van der Waals surface area contributed by atoms with Crippen LogP contribution in [-0.2, 0) is 9.59 Å². The van der Waals surface area contributed by atoms with Gasteiger partial charge in [-0.1, -0.05) is 20.8 Å². The predicted octanol–water partition coefficient (Wildman–Crippen LogP) is 2.47. The van der Waals surface area contributed by atoms with Crippen molar-refractivity contribution in [1.29, 1.82) is 0 Å². The molecule has 1 saturated heterocycles. The fourth-order valence-corrected chi connectivity index (χ4v) is 3.98. The standard InChI is InChI=1S/C19H24N2O5Si/c1-19(2,3)27(4,5)26-11-6-7-12-13(10-11)18(25)21(17(12)24)14-8-9-15(22)20-16(14)23/h6-7,10,14H,8-9H2,1-5H3,(H,20,22,23)/t14-/m0/s1. The van der Waals surface area contributed by atoms with E-state index in [2.05, 4.69) is 39.2 Å². The van der Waals surface area contributed by atoms with Gasteiger partial charge < -0.3 is 4.43 Å². The molecule has 1 fully saturated rings. The lowest BCUT2D eigenvalue weighted by Gasteiger charge is -2.36. The summed E-state index contributed by atoms with van der Waals surface area (Å²) in [5.41, 5.74) is 0.494. The number of benzene rings is 1. The SMILES string of the molecule is CC(C)(C)[Si](C)(C)Oc1ccc2c(c1)C(=O)N([C@H]1CCC(=O)NC1=O)C2=O. The van der Waals surface area contributed by atoms with Gasteiger partial charge >= 0.3 is 0 Å². The summed E-state index contributed by atoms with van der Waals surface area (Å²) in [4.78, 5) is 49.9. The van der Waals surface area contributed by atoms with Crippen LogP contribution in [0.5, 0.6) is 5.75 Å². The third kappa shape index (κ3) is 3.29. The molecule has 27 heavy (non-hydrogen) atoms. The van der Waals surface area contributed by atoms with Crippen molar-refractivity contribution in [3.8, 4) is 5.75 Å². The number of hydrogen-bond acceptors (Lipinski definition) is 5. The lowest BCUT2D eigenvalue weighted by Crippen LogP contribution is -2.54. The molecule has 8 heteroatoms. The van der Waals surface area contributed by atoms with Crippen LogP contribution in [0.25, 0.3) is 0 Å². The maximum atomic E-state index is 12.8. The molecular formula is C19H24N2O5Si. The zero-order valence-corrected chi connectivity index (χ0v) is 17.2. The van der Waals surface area contributed by atoms with Crippen LogP contribution in [0.3, 0.4) is 0 Å². The van der Waals surface area contributed by atoms with E-state index in [9.17, 15) is 19.2 Å². The molecule has 0 aromatic heterocycles. The molecule has 1 aromatic rings. The summed E-state index contributed by atoms with van der Waals surface area (Å²) in [6.45, 7) is 10.6. The van der Waals surface area contributed by atoms with Crippen LogP contribution in [-0.4, -0.2) is 42.9 Å². The number of carbonyl (C=O) groups is 4. The molecule has 0 bridgehead atoms. The van der Waals surface area contributed by atoms with Gasteiger partial charge in [0.1, 0.15) is 11.8 Å². The van der Waals surface area contributed by atoms with Gasteiger partial charge in [0, 0.05) is 6.42 Å². The lowest BCUT2D eigenvalue weighted by molar-refractivity contribution is -0.136. The normalized spacial score (nSPS) is 20.6. The largest absolute Gasteiger partial charge is 0.543 e. The maximum Gasteiger partial charge on any atom is 0.262 e. The van der Waals surface area contributed by atoms with Crippen molar-refractivity contribution in [3.63, 3.8) is 0 Å². The van der Waals surface area contributed by atoms with Gasteiger partial charge in [-0.05, 0) is 42.8 Å². The minimum atomic E-state index is -2.10. The second-order valence-electron chi connectivity index (χ2n) is 8.52. The number of nitrogens with zero attached hydrogens (tertiary/aromatic N) is 1. The molecule has 0 saturated carbocycles. The minimum Gasteiger partial charge on any atom is -0.543 e. The van der Waals surface area contributed by atoms with E-state index < -0.39 is 38.0 Å². The number of fused-ring (bicyclic) bond motifs is 1. The maximum absolute atomic E-state index is 12.8. The summed E-state index contributed by atoms with van der Waals surface area (Å²) in [5.74, 6) is -1.49. The second kappa shape index (κ2) is 6.30. The topological polar surface area (TPSA) is 92.8 Å². The Labute approximate surface area is 159 Å². The van der Waals surface area contributed by atoms with Gasteiger partial charge in [-0.25, -0.2) is 0 Å². The highest BCUT2D eigenvalue weighted by atomic mass is 28.4. The summed E-state index contributed by atoms with van der Waals surface area (Å²) < 4.78 is 6.22. The first kappa shape index (κ1) is 19.3. The van der Waals surface area contributed by atoms with Gasteiger partial charge in [-0.15, -0.1) is 0 Å². The van der Waals surface area contributed by atoms with E-state index in [0.29, 0.717) is 5.75 Å². The Hall–Kier alpha value is -2.48. The van der Waals surface area contributed by atoms with E-state index in [1.807, 2.05) is 0 Å². The minimum absolute atomic E-state index is 0.00932. The zero-order valence-electron chi connectivity index (χ0n) is 16.2. The van der Waals surface area contributed by atoms with E-state index in [-0.39, 0.29) is 29.0 Å². The van der Waals surface area contributed by atoms with Crippen molar-refractivity contribution in [1.82, 2.24) is 10.2 Å². The molecule has 0 aliphatic carbocycles. The van der Waals surface area contributed by atoms with Gasteiger partial charge in [0.15, 0.2) is 0 Å². The number of carbonyl (C=O) groups excluding carboxylic acids is 4. The molecule has 3 rings (SSSR count). The van der Waals surface area contributed by atoms with Gasteiger partial charge in [0.25, 0.3) is 11.8 Å². The Bertz CT molecular complexity index is 856. The van der Waals surface area contributed by atoms with Crippen molar-refractivity contribution in [2.45, 2.75) is 57.8 Å². The third-order valence-corrected chi connectivity index (χ3v) is 9.95. The number of hydrogen-bond donors (Lipinski definition) is 1. The number of piperidine rings is 1. The molecule has 2 heterocycles. The Kier molecular flexibility index (Phi) is 4.50. The molecule has 2 aliphatic heterocycles. The third-order valence-electron chi connectivity index (χ3n) is 5.59. The molecule has 4 amide bonds. The van der Waals surface area contributed by atoms with Crippen LogP contribution in [0.1, 0.15) is 54.3 Å². The summed E-state index contributed by atoms with van der Waals surface area (Å²) in [5, 5.41) is 2.18. The van der Waals surface area contributed by atoms with Gasteiger partial charge in [-0.2, -0.15) is 0 Å². The van der Waals surface area contributed by atoms with Crippen molar-refractivity contribution in [2.24, 2.45) is 0 Å². The van der Waals surface area contributed by atoms with Crippen molar-refractivity contribution < 1.29 is 23.6 Å². The van der Waals surface area contributed by atoms with E-state index in [0.717, 1.165) is 4.90 Å². The molecular weight excluding hydrogens is 364 g/mol. The molecule has 0 radical (unpaired) electrons. The highest BCUT2D eigenvalue weighted by Crippen LogP contribution is 2.38. The first-order valence-corrected chi connectivity index (χ1v) is 11.9. The predicted molar refractivity (Wildman–Crippen MR) is 101 cm³/mol. The first-order chi connectivity index (χ1) is 12.4. The monoisotopic (exact) mass is 388 g/mol. The van der Waals surface area contributed by atoms with Gasteiger partial charge in [-0.3, -0.25) is 29.4 Å². The van der Waals surface area contributed by atoms with E-state index in [1.165, 1.54) is 0 Å². The average Bonchev–Trinajstić information content (AvgIpc) is 2.78. The molecule has 1 N–H and O–H groups in total. The number of amides is 4. The Balaban J connectivity index is 1.89. The quantitative estimate of drug-likeness (QED) is 0.634. The summed E-state index contributed by atoms with van der Waals surface area (Å²) in [7, 11) is -2.10. The van der Waals surface area contributed by atoms with Crippen molar-refractivity contribution in [2.75, 3.05) is 0 Å². The molecule has 2 aliphatic rings. The van der Waals surface area contributed by atoms with Gasteiger partial charge in [0.2, 0.25) is 20.1 Å². The smallest absolute Gasteiger partial charge is 0.262 e. The average molecular weight is 388 g/mol. The van der Waals surface area contributed by atoms with Crippen LogP contribution in [0.2, 0.25) is 18.1 Å². The molecule has 0 spiro atoms. The van der Waals surface area contributed by atoms with Gasteiger partial charge in [0.05, 0.1) is 11.1 Å². The highest BCUT2D eigenvalue weighted by Gasteiger charge is 2.45. The number of imide groups is 2. The van der Waals surface area contributed by atoms with Crippen molar-refractivity contribution >= 4 is 31.9 Å². The molecule has 1 aromatic carbocycles. The molecule has 7 nitrogen and oxygen atoms in total. The zero-order chi connectivity index (χ0) is 20.1. The van der Waals surface area contributed by atoms with Crippen LogP contribution >= 0.6 is 0 Å². The summed E-state index contributed by atoms with van der Waals surface area (Å²) in [6, 6.07) is 3.89. The van der Waals surface area contributed by atoms with Crippen LogP contribution < -0.4 is 9.74 Å². The van der Waals surface area contributed by atoms with Crippen LogP contribution in [0, 0.1) is 0 Å². The number of rotatable bonds is 3. The molecule has 144 valence electrons. The first-order valence-electron chi connectivity index (χ1n) is 8.97. The summed E-state index contributed by atoms with van der Waals surface area (Å²) in [6.07, 6.45) is 0.243. The Morgan fingerprint density at radius 3 is 2.30 bits per heavy atom. The molecule has 1 atom stereocenters. The highest BCUT2D eigenvalue weighted by molar-refractivity contribution is 6.74. The van der Waals surface area contributed by atoms with Crippen LogP contribution in [0.15, 0.2) is 18.2 Å². The Morgan fingerprint density at radius 1 is 1.07 bits per heavy atom. The van der Waals surface area contributed by atoms with Crippen molar-refractivity contribution in [3.05, 3.63) is 29.3 Å². The Morgan fingerprint density at radius 2 is 1.70 bits per heavy atom. The van der Waals surface area contributed by atoms with E-state index in [1.54, 1.807) is 18.2 Å². The second-order valence-corrected chi connectivity index (χ2v) is 13.2. The fourth-order valence-electron chi connectivity index (χ4n) is 2.96. The van der Waals surface area contributed by atoms with E-state index >= 15 is 0 Å². The number of nitrogens with one attached hydrogen (secondary N) is 1.